The fourth-order valence-electron chi connectivity index (χ4n) is 1.60. The largest absolute Gasteiger partial charge is 0.399 e. The van der Waals surface area contributed by atoms with E-state index in [2.05, 4.69) is 10.3 Å². The zero-order chi connectivity index (χ0) is 9.31. The van der Waals surface area contributed by atoms with Crippen LogP contribution in [-0.2, 0) is 5.60 Å². The van der Waals surface area contributed by atoms with Crippen molar-refractivity contribution in [3.05, 3.63) is 24.0 Å². The summed E-state index contributed by atoms with van der Waals surface area (Å²) in [7, 11) is 0. The molecule has 1 aliphatic rings. The molecule has 13 heavy (non-hydrogen) atoms. The van der Waals surface area contributed by atoms with E-state index >= 15 is 0 Å². The third-order valence-corrected chi connectivity index (χ3v) is 2.39. The van der Waals surface area contributed by atoms with Crippen LogP contribution in [0.5, 0.6) is 0 Å². The molecule has 0 saturated carbocycles. The Balaban J connectivity index is 2.33. The van der Waals surface area contributed by atoms with E-state index in [9.17, 15) is 5.11 Å². The molecule has 0 amide bonds. The van der Waals surface area contributed by atoms with Crippen molar-refractivity contribution in [2.24, 2.45) is 0 Å². The second-order valence-electron chi connectivity index (χ2n) is 3.43. The third-order valence-electron chi connectivity index (χ3n) is 2.39. The van der Waals surface area contributed by atoms with Crippen molar-refractivity contribution < 1.29 is 5.11 Å². The number of nitrogens with one attached hydrogen (secondary N) is 1. The van der Waals surface area contributed by atoms with Crippen LogP contribution in [0.1, 0.15) is 12.1 Å². The maximum absolute atomic E-state index is 10.1. The first-order valence-corrected chi connectivity index (χ1v) is 4.36. The number of hydrogen-bond donors (Lipinski definition) is 3. The molecule has 0 spiro atoms. The summed E-state index contributed by atoms with van der Waals surface area (Å²) >= 11 is 0. The highest BCUT2D eigenvalue weighted by Crippen LogP contribution is 2.26. The van der Waals surface area contributed by atoms with Gasteiger partial charge in [0, 0.05) is 18.4 Å². The highest BCUT2D eigenvalue weighted by atomic mass is 16.3. The van der Waals surface area contributed by atoms with E-state index < -0.39 is 5.60 Å². The number of rotatable bonds is 1. The summed E-state index contributed by atoms with van der Waals surface area (Å²) in [6.45, 7) is 1.39. The molecule has 4 N–H and O–H groups in total. The van der Waals surface area contributed by atoms with Crippen molar-refractivity contribution in [3.8, 4) is 0 Å². The highest BCUT2D eigenvalue weighted by Gasteiger charge is 2.34. The zero-order valence-corrected chi connectivity index (χ0v) is 7.33. The summed E-state index contributed by atoms with van der Waals surface area (Å²) in [5.74, 6) is 0. The van der Waals surface area contributed by atoms with E-state index in [1.54, 1.807) is 18.3 Å². The van der Waals surface area contributed by atoms with Crippen LogP contribution >= 0.6 is 0 Å². The molecule has 2 heterocycles. The van der Waals surface area contributed by atoms with Crippen LogP contribution < -0.4 is 11.1 Å². The van der Waals surface area contributed by atoms with Crippen molar-refractivity contribution in [2.75, 3.05) is 18.8 Å². The second kappa shape index (κ2) is 2.97. The average Bonchev–Trinajstić information content (AvgIpc) is 2.54. The lowest BCUT2D eigenvalue weighted by Gasteiger charge is -2.20. The summed E-state index contributed by atoms with van der Waals surface area (Å²) in [4.78, 5) is 4.12. The molecule has 0 bridgehead atoms. The van der Waals surface area contributed by atoms with E-state index in [0.717, 1.165) is 6.54 Å². The summed E-state index contributed by atoms with van der Waals surface area (Å²) in [5.41, 5.74) is 6.10. The molecule has 1 atom stereocenters. The number of aromatic nitrogens is 1. The predicted molar refractivity (Wildman–Crippen MR) is 50.0 cm³/mol. The molecule has 0 radical (unpaired) electrons. The van der Waals surface area contributed by atoms with Crippen LogP contribution in [-0.4, -0.2) is 23.2 Å². The molecular formula is C9H13N3O. The van der Waals surface area contributed by atoms with Crippen molar-refractivity contribution >= 4 is 5.69 Å². The monoisotopic (exact) mass is 179 g/mol. The molecule has 0 aliphatic carbocycles. The van der Waals surface area contributed by atoms with Gasteiger partial charge in [-0.3, -0.25) is 4.98 Å². The maximum Gasteiger partial charge on any atom is 0.120 e. The Hall–Kier alpha value is -1.13. The van der Waals surface area contributed by atoms with Gasteiger partial charge in [0.1, 0.15) is 5.60 Å². The Bertz CT molecular complexity index is 307. The van der Waals surface area contributed by atoms with E-state index in [1.165, 1.54) is 0 Å². The molecule has 4 nitrogen and oxygen atoms in total. The minimum absolute atomic E-state index is 0.559. The Labute approximate surface area is 76.8 Å². The van der Waals surface area contributed by atoms with Gasteiger partial charge in [-0.25, -0.2) is 0 Å². The number of β-amino-alcohol motifs (C(OH)–C–C–N with tert-alkyl or cyclic N) is 1. The number of hydrogen-bond acceptors (Lipinski definition) is 4. The van der Waals surface area contributed by atoms with Gasteiger partial charge in [0.15, 0.2) is 0 Å². The first-order chi connectivity index (χ1) is 6.21. The van der Waals surface area contributed by atoms with Gasteiger partial charge in [-0.15, -0.1) is 0 Å². The Morgan fingerprint density at radius 2 is 2.46 bits per heavy atom. The van der Waals surface area contributed by atoms with Gasteiger partial charge in [0.25, 0.3) is 0 Å². The van der Waals surface area contributed by atoms with Crippen molar-refractivity contribution in [2.45, 2.75) is 12.0 Å². The molecular weight excluding hydrogens is 166 g/mol. The number of nitrogens with two attached hydrogens (primary N) is 1. The van der Waals surface area contributed by atoms with Crippen LogP contribution in [0.4, 0.5) is 5.69 Å². The minimum atomic E-state index is -0.824. The molecule has 70 valence electrons. The molecule has 1 aliphatic heterocycles. The van der Waals surface area contributed by atoms with Crippen molar-refractivity contribution in [3.63, 3.8) is 0 Å². The van der Waals surface area contributed by atoms with Gasteiger partial charge in [-0.05, 0) is 25.1 Å². The SMILES string of the molecule is Nc1ccnc(C2(O)CCNC2)c1. The van der Waals surface area contributed by atoms with Crippen molar-refractivity contribution in [1.29, 1.82) is 0 Å². The van der Waals surface area contributed by atoms with Gasteiger partial charge in [-0.2, -0.15) is 0 Å². The van der Waals surface area contributed by atoms with Crippen LogP contribution in [0.25, 0.3) is 0 Å². The topological polar surface area (TPSA) is 71.2 Å². The number of aliphatic hydroxyl groups is 1. The van der Waals surface area contributed by atoms with E-state index in [-0.39, 0.29) is 0 Å². The highest BCUT2D eigenvalue weighted by molar-refractivity contribution is 5.39. The Morgan fingerprint density at radius 3 is 3.08 bits per heavy atom. The third kappa shape index (κ3) is 1.50. The quantitative estimate of drug-likeness (QED) is 0.560. The molecule has 4 heteroatoms. The molecule has 0 aromatic carbocycles. The molecule has 2 rings (SSSR count). The van der Waals surface area contributed by atoms with Crippen LogP contribution in [0.3, 0.4) is 0 Å². The molecule has 1 unspecified atom stereocenters. The first kappa shape index (κ1) is 8.47. The van der Waals surface area contributed by atoms with Crippen LogP contribution in [0, 0.1) is 0 Å². The summed E-state index contributed by atoms with van der Waals surface area (Å²) in [5, 5.41) is 13.2. The summed E-state index contributed by atoms with van der Waals surface area (Å²) in [6.07, 6.45) is 2.32. The first-order valence-electron chi connectivity index (χ1n) is 4.36. The predicted octanol–water partition coefficient (Wildman–Crippen LogP) is -0.155. The average molecular weight is 179 g/mol. The molecule has 1 aromatic rings. The van der Waals surface area contributed by atoms with E-state index in [4.69, 9.17) is 5.73 Å². The Kier molecular flexibility index (Phi) is 1.94. The summed E-state index contributed by atoms with van der Waals surface area (Å²) in [6, 6.07) is 3.45. The number of anilines is 1. The van der Waals surface area contributed by atoms with Gasteiger partial charge < -0.3 is 16.2 Å². The normalized spacial score (nSPS) is 27.8. The minimum Gasteiger partial charge on any atom is -0.399 e. The fourth-order valence-corrected chi connectivity index (χ4v) is 1.60. The molecule has 1 fully saturated rings. The number of pyridine rings is 1. The van der Waals surface area contributed by atoms with Gasteiger partial charge in [0.2, 0.25) is 0 Å². The Morgan fingerprint density at radius 1 is 1.62 bits per heavy atom. The zero-order valence-electron chi connectivity index (χ0n) is 7.33. The second-order valence-corrected chi connectivity index (χ2v) is 3.43. The van der Waals surface area contributed by atoms with Gasteiger partial charge >= 0.3 is 0 Å². The number of nitrogen functional groups attached to an aromatic ring is 1. The standard InChI is InChI=1S/C9H13N3O/c10-7-1-3-12-8(5-7)9(13)2-4-11-6-9/h1,3,5,11,13H,2,4,6H2,(H2,10,12). The van der Waals surface area contributed by atoms with Crippen LogP contribution in [0.2, 0.25) is 0 Å². The summed E-state index contributed by atoms with van der Waals surface area (Å²) < 4.78 is 0. The lowest BCUT2D eigenvalue weighted by molar-refractivity contribution is 0.0542. The molecule has 1 aromatic heterocycles. The van der Waals surface area contributed by atoms with Crippen LogP contribution in [0.15, 0.2) is 18.3 Å². The fraction of sp³-hybridized carbons (Fsp3) is 0.444. The maximum atomic E-state index is 10.1. The molecule has 1 saturated heterocycles. The lowest BCUT2D eigenvalue weighted by atomic mass is 9.98. The van der Waals surface area contributed by atoms with E-state index in [0.29, 0.717) is 24.3 Å². The van der Waals surface area contributed by atoms with E-state index in [1.807, 2.05) is 0 Å². The van der Waals surface area contributed by atoms with Gasteiger partial charge in [0.05, 0.1) is 5.69 Å². The van der Waals surface area contributed by atoms with Crippen molar-refractivity contribution in [1.82, 2.24) is 10.3 Å². The number of nitrogens with zero attached hydrogens (tertiary/aromatic N) is 1. The lowest BCUT2D eigenvalue weighted by Crippen LogP contribution is -2.29. The van der Waals surface area contributed by atoms with Gasteiger partial charge in [-0.1, -0.05) is 0 Å². The smallest absolute Gasteiger partial charge is 0.120 e.